The van der Waals surface area contributed by atoms with Crippen LogP contribution in [0.4, 0.5) is 21.9 Å². The third-order valence-corrected chi connectivity index (χ3v) is 4.92. The van der Waals surface area contributed by atoms with E-state index in [0.717, 1.165) is 23.4 Å². The van der Waals surface area contributed by atoms with E-state index < -0.39 is 0 Å². The van der Waals surface area contributed by atoms with Crippen LogP contribution in [-0.2, 0) is 6.42 Å². The highest BCUT2D eigenvalue weighted by Gasteiger charge is 2.15. The first kappa shape index (κ1) is 21.9. The molecule has 0 fully saturated rings. The highest BCUT2D eigenvalue weighted by molar-refractivity contribution is 6.04. The van der Waals surface area contributed by atoms with E-state index in [1.165, 1.54) is 5.56 Å². The second-order valence-corrected chi connectivity index (χ2v) is 7.51. The van der Waals surface area contributed by atoms with Crippen molar-refractivity contribution in [3.05, 3.63) is 89.5 Å². The summed E-state index contributed by atoms with van der Waals surface area (Å²) in [5.74, 6) is -0.178. The molecule has 0 spiro atoms. The van der Waals surface area contributed by atoms with E-state index in [4.69, 9.17) is 0 Å². The predicted molar refractivity (Wildman–Crippen MR) is 127 cm³/mol. The largest absolute Gasteiger partial charge is 0.377 e. The molecule has 0 atom stereocenters. The molecular formula is C25H28N4O2. The lowest BCUT2D eigenvalue weighted by Gasteiger charge is -2.19. The Labute approximate surface area is 183 Å². The number of nitrogens with zero attached hydrogens (tertiary/aromatic N) is 1. The second kappa shape index (κ2) is 10.3. The highest BCUT2D eigenvalue weighted by Crippen LogP contribution is 2.23. The Balaban J connectivity index is 1.68. The average Bonchev–Trinajstić information content (AvgIpc) is 2.76. The van der Waals surface area contributed by atoms with Gasteiger partial charge in [0, 0.05) is 37.7 Å². The number of carbonyl (C=O) groups excluding carboxylic acids is 2. The van der Waals surface area contributed by atoms with Gasteiger partial charge in [0.15, 0.2) is 0 Å². The van der Waals surface area contributed by atoms with Crippen LogP contribution in [0.15, 0.2) is 72.8 Å². The molecule has 0 aromatic heterocycles. The molecule has 0 aliphatic rings. The number of benzene rings is 3. The fourth-order valence-corrected chi connectivity index (χ4v) is 3.24. The standard InChI is InChI=1S/C25H28N4O2/c1-18-9-7-8-12-22(18)28-25(31)27-20-13-14-23(29(2)3)21(17-20)24(30)26-16-15-19-10-5-4-6-11-19/h4-14,17H,15-16H2,1-3H3,(H,26,30)(H2,27,28,31). The Morgan fingerprint density at radius 3 is 2.29 bits per heavy atom. The van der Waals surface area contributed by atoms with Crippen LogP contribution in [0.3, 0.4) is 0 Å². The van der Waals surface area contributed by atoms with Crippen molar-refractivity contribution >= 4 is 29.0 Å². The first-order valence-electron chi connectivity index (χ1n) is 10.2. The van der Waals surface area contributed by atoms with Crippen molar-refractivity contribution in [1.82, 2.24) is 5.32 Å². The first-order chi connectivity index (χ1) is 14.9. The lowest BCUT2D eigenvalue weighted by atomic mass is 10.1. The van der Waals surface area contributed by atoms with Crippen LogP contribution in [0.25, 0.3) is 0 Å². The zero-order valence-corrected chi connectivity index (χ0v) is 18.1. The maximum atomic E-state index is 12.9. The molecule has 0 aliphatic carbocycles. The number of urea groups is 1. The number of hydrogen-bond donors (Lipinski definition) is 3. The summed E-state index contributed by atoms with van der Waals surface area (Å²) < 4.78 is 0. The van der Waals surface area contributed by atoms with Crippen LogP contribution < -0.4 is 20.9 Å². The summed E-state index contributed by atoms with van der Waals surface area (Å²) in [4.78, 5) is 27.2. The zero-order valence-electron chi connectivity index (χ0n) is 18.1. The third kappa shape index (κ3) is 6.09. The Morgan fingerprint density at radius 2 is 1.58 bits per heavy atom. The molecule has 0 bridgehead atoms. The van der Waals surface area contributed by atoms with Gasteiger partial charge in [-0.2, -0.15) is 0 Å². The normalized spacial score (nSPS) is 10.3. The molecule has 3 N–H and O–H groups in total. The molecule has 0 heterocycles. The molecule has 6 nitrogen and oxygen atoms in total. The Morgan fingerprint density at radius 1 is 0.871 bits per heavy atom. The van der Waals surface area contributed by atoms with Crippen LogP contribution in [0.5, 0.6) is 0 Å². The lowest BCUT2D eigenvalue weighted by Crippen LogP contribution is -2.28. The molecule has 3 rings (SSSR count). The van der Waals surface area contributed by atoms with E-state index in [2.05, 4.69) is 16.0 Å². The molecule has 6 heteroatoms. The summed E-state index contributed by atoms with van der Waals surface area (Å²) in [5.41, 5.74) is 4.71. The van der Waals surface area contributed by atoms with E-state index >= 15 is 0 Å². The van der Waals surface area contributed by atoms with Crippen LogP contribution >= 0.6 is 0 Å². The summed E-state index contributed by atoms with van der Waals surface area (Å²) in [7, 11) is 3.77. The minimum absolute atomic E-state index is 0.178. The lowest BCUT2D eigenvalue weighted by molar-refractivity contribution is 0.0954. The van der Waals surface area contributed by atoms with Crippen LogP contribution in [-0.4, -0.2) is 32.6 Å². The summed E-state index contributed by atoms with van der Waals surface area (Å²) in [6.45, 7) is 2.46. The van der Waals surface area contributed by atoms with Gasteiger partial charge in [-0.1, -0.05) is 48.5 Å². The van der Waals surface area contributed by atoms with Gasteiger partial charge in [-0.15, -0.1) is 0 Å². The summed E-state index contributed by atoms with van der Waals surface area (Å²) in [6.07, 6.45) is 0.751. The molecule has 0 saturated carbocycles. The quantitative estimate of drug-likeness (QED) is 0.524. The van der Waals surface area contributed by atoms with Crippen molar-refractivity contribution in [2.45, 2.75) is 13.3 Å². The first-order valence-corrected chi connectivity index (χ1v) is 10.2. The van der Waals surface area contributed by atoms with E-state index in [1.807, 2.05) is 86.6 Å². The Kier molecular flexibility index (Phi) is 7.27. The molecular weight excluding hydrogens is 388 g/mol. The molecule has 3 aromatic rings. The van der Waals surface area contributed by atoms with E-state index in [9.17, 15) is 9.59 Å². The number of nitrogens with one attached hydrogen (secondary N) is 3. The number of amides is 3. The van der Waals surface area contributed by atoms with Crippen molar-refractivity contribution in [2.24, 2.45) is 0 Å². The van der Waals surface area contributed by atoms with Crippen molar-refractivity contribution < 1.29 is 9.59 Å². The van der Waals surface area contributed by atoms with Crippen molar-refractivity contribution in [3.8, 4) is 0 Å². The van der Waals surface area contributed by atoms with Gasteiger partial charge in [0.2, 0.25) is 0 Å². The smallest absolute Gasteiger partial charge is 0.323 e. The Hall–Kier alpha value is -3.80. The van der Waals surface area contributed by atoms with E-state index in [0.29, 0.717) is 17.8 Å². The number of carbonyl (C=O) groups is 2. The molecule has 0 radical (unpaired) electrons. The second-order valence-electron chi connectivity index (χ2n) is 7.51. The molecule has 31 heavy (non-hydrogen) atoms. The van der Waals surface area contributed by atoms with E-state index in [1.54, 1.807) is 12.1 Å². The Bertz CT molecular complexity index is 1050. The van der Waals surface area contributed by atoms with Crippen molar-refractivity contribution in [3.63, 3.8) is 0 Å². The number of anilines is 3. The van der Waals surface area contributed by atoms with Gasteiger partial charge < -0.3 is 20.9 Å². The highest BCUT2D eigenvalue weighted by atomic mass is 16.2. The molecule has 0 unspecified atom stereocenters. The summed E-state index contributed by atoms with van der Waals surface area (Å²) in [6, 6.07) is 22.5. The van der Waals surface area contributed by atoms with Gasteiger partial charge in [-0.3, -0.25) is 4.79 Å². The monoisotopic (exact) mass is 416 g/mol. The summed E-state index contributed by atoms with van der Waals surface area (Å²) in [5, 5.41) is 8.63. The fraction of sp³-hybridized carbons (Fsp3) is 0.200. The van der Waals surface area contributed by atoms with Gasteiger partial charge >= 0.3 is 6.03 Å². The molecule has 0 saturated heterocycles. The average molecular weight is 417 g/mol. The van der Waals surface area contributed by atoms with Crippen molar-refractivity contribution in [2.75, 3.05) is 36.2 Å². The summed E-state index contributed by atoms with van der Waals surface area (Å²) >= 11 is 0. The third-order valence-electron chi connectivity index (χ3n) is 4.92. The zero-order chi connectivity index (χ0) is 22.2. The number of hydrogen-bond acceptors (Lipinski definition) is 3. The minimum Gasteiger partial charge on any atom is -0.377 e. The van der Waals surface area contributed by atoms with Crippen molar-refractivity contribution in [1.29, 1.82) is 0 Å². The number of rotatable bonds is 7. The van der Waals surface area contributed by atoms with Gasteiger partial charge in [0.1, 0.15) is 0 Å². The maximum Gasteiger partial charge on any atom is 0.323 e. The topological polar surface area (TPSA) is 73.5 Å². The molecule has 3 aromatic carbocycles. The van der Waals surface area contributed by atoms with E-state index in [-0.39, 0.29) is 11.9 Å². The molecule has 0 aliphatic heterocycles. The van der Waals surface area contributed by atoms with Gasteiger partial charge in [-0.05, 0) is 48.7 Å². The minimum atomic E-state index is -0.359. The van der Waals surface area contributed by atoms with Gasteiger partial charge in [0.05, 0.1) is 5.56 Å². The van der Waals surface area contributed by atoms with Crippen LogP contribution in [0.2, 0.25) is 0 Å². The van der Waals surface area contributed by atoms with Crippen LogP contribution in [0.1, 0.15) is 21.5 Å². The number of para-hydroxylation sites is 1. The van der Waals surface area contributed by atoms with Gasteiger partial charge in [0.25, 0.3) is 5.91 Å². The fourth-order valence-electron chi connectivity index (χ4n) is 3.24. The maximum absolute atomic E-state index is 12.9. The number of aryl methyl sites for hydroxylation is 1. The SMILES string of the molecule is Cc1ccccc1NC(=O)Nc1ccc(N(C)C)c(C(=O)NCCc2ccccc2)c1. The molecule has 160 valence electrons. The predicted octanol–water partition coefficient (Wildman–Crippen LogP) is 4.68. The molecule has 3 amide bonds. The van der Waals surface area contributed by atoms with Crippen LogP contribution in [0, 0.1) is 6.92 Å². The van der Waals surface area contributed by atoms with Gasteiger partial charge in [-0.25, -0.2) is 4.79 Å².